The van der Waals surface area contributed by atoms with Crippen molar-refractivity contribution in [2.75, 3.05) is 0 Å². The van der Waals surface area contributed by atoms with Crippen LogP contribution in [0.5, 0.6) is 5.75 Å². The lowest BCUT2D eigenvalue weighted by atomic mass is 9.99. The third-order valence-electron chi connectivity index (χ3n) is 8.18. The first-order chi connectivity index (χ1) is 22.2. The highest BCUT2D eigenvalue weighted by Crippen LogP contribution is 2.30. The maximum absolute atomic E-state index is 13.5. The summed E-state index contributed by atoms with van der Waals surface area (Å²) in [7, 11) is 0. The molecule has 0 aliphatic carbocycles. The van der Waals surface area contributed by atoms with Crippen LogP contribution >= 0.6 is 0 Å². The van der Waals surface area contributed by atoms with E-state index in [4.69, 9.17) is 9.47 Å². The van der Waals surface area contributed by atoms with Crippen molar-refractivity contribution in [2.45, 2.75) is 122 Å². The van der Waals surface area contributed by atoms with Gasteiger partial charge in [-0.2, -0.15) is 13.2 Å². The van der Waals surface area contributed by atoms with Gasteiger partial charge in [0.25, 0.3) is 0 Å². The summed E-state index contributed by atoms with van der Waals surface area (Å²) in [5.41, 5.74) is 3.76. The monoisotopic (exact) mass is 638 g/mol. The van der Waals surface area contributed by atoms with E-state index in [1.807, 2.05) is 36.4 Å². The van der Waals surface area contributed by atoms with Crippen LogP contribution in [0, 0.1) is 0 Å². The number of carbonyl (C=O) groups excluding carboxylic acids is 2. The van der Waals surface area contributed by atoms with Gasteiger partial charge in [0.2, 0.25) is 0 Å². The lowest BCUT2D eigenvalue weighted by Gasteiger charge is -2.20. The molecular weight excluding hydrogens is 589 g/mol. The summed E-state index contributed by atoms with van der Waals surface area (Å²) in [6.45, 7) is 4.29. The molecule has 0 aromatic heterocycles. The van der Waals surface area contributed by atoms with E-state index in [1.165, 1.54) is 37.8 Å². The molecule has 1 unspecified atom stereocenters. The first-order valence-corrected chi connectivity index (χ1v) is 17.0. The number of alkyl halides is 3. The zero-order valence-corrected chi connectivity index (χ0v) is 27.4. The molecule has 0 N–H and O–H groups in total. The minimum atomic E-state index is -4.60. The predicted molar refractivity (Wildman–Crippen MR) is 179 cm³/mol. The molecule has 3 rings (SSSR count). The molecule has 0 spiro atoms. The molecular formula is C39H49F3O4. The molecule has 0 heterocycles. The Morgan fingerprint density at radius 1 is 0.587 bits per heavy atom. The minimum Gasteiger partial charge on any atom is -0.449 e. The molecule has 0 saturated carbocycles. The van der Waals surface area contributed by atoms with Gasteiger partial charge in [0, 0.05) is 6.42 Å². The van der Waals surface area contributed by atoms with Crippen molar-refractivity contribution in [1.29, 1.82) is 0 Å². The van der Waals surface area contributed by atoms with Crippen LogP contribution in [0.25, 0.3) is 22.3 Å². The Hall–Kier alpha value is -3.61. The van der Waals surface area contributed by atoms with Crippen LogP contribution in [0.2, 0.25) is 0 Å². The van der Waals surface area contributed by atoms with Crippen LogP contribution < -0.4 is 4.74 Å². The Morgan fingerprint density at radius 2 is 1.00 bits per heavy atom. The van der Waals surface area contributed by atoms with Crippen molar-refractivity contribution in [3.63, 3.8) is 0 Å². The number of benzene rings is 3. The van der Waals surface area contributed by atoms with Crippen LogP contribution in [0.4, 0.5) is 13.2 Å². The van der Waals surface area contributed by atoms with E-state index in [0.29, 0.717) is 25.0 Å². The van der Waals surface area contributed by atoms with E-state index in [9.17, 15) is 22.8 Å². The van der Waals surface area contributed by atoms with Gasteiger partial charge >= 0.3 is 18.1 Å². The lowest BCUT2D eigenvalue weighted by molar-refractivity contribution is -0.206. The zero-order valence-electron chi connectivity index (χ0n) is 27.4. The summed E-state index contributed by atoms with van der Waals surface area (Å²) >= 11 is 0. The van der Waals surface area contributed by atoms with Gasteiger partial charge in [-0.1, -0.05) is 133 Å². The summed E-state index contributed by atoms with van der Waals surface area (Å²) in [5, 5.41) is 0. The van der Waals surface area contributed by atoms with E-state index < -0.39 is 18.2 Å². The smallest absolute Gasteiger partial charge is 0.425 e. The van der Waals surface area contributed by atoms with E-state index in [2.05, 4.69) is 13.8 Å². The zero-order chi connectivity index (χ0) is 33.2. The Balaban J connectivity index is 1.49. The van der Waals surface area contributed by atoms with Crippen molar-refractivity contribution in [3.05, 3.63) is 78.4 Å². The second kappa shape index (κ2) is 19.8. The quantitative estimate of drug-likeness (QED) is 0.0702. The van der Waals surface area contributed by atoms with Gasteiger partial charge in [0.05, 0.1) is 5.56 Å². The highest BCUT2D eigenvalue weighted by atomic mass is 19.4. The van der Waals surface area contributed by atoms with E-state index >= 15 is 0 Å². The van der Waals surface area contributed by atoms with Crippen LogP contribution in [0.1, 0.15) is 121 Å². The number of carbonyl (C=O) groups is 2. The summed E-state index contributed by atoms with van der Waals surface area (Å²) in [6, 6.07) is 21.6. The predicted octanol–water partition coefficient (Wildman–Crippen LogP) is 11.9. The van der Waals surface area contributed by atoms with Crippen molar-refractivity contribution in [2.24, 2.45) is 0 Å². The fourth-order valence-corrected chi connectivity index (χ4v) is 5.37. The summed E-state index contributed by atoms with van der Waals surface area (Å²) in [4.78, 5) is 24.8. The first kappa shape index (κ1) is 36.9. The Labute approximate surface area is 272 Å². The molecule has 250 valence electrons. The molecule has 0 bridgehead atoms. The van der Waals surface area contributed by atoms with Gasteiger partial charge in [0.1, 0.15) is 5.75 Å². The fraction of sp³-hybridized carbons (Fsp3) is 0.487. The highest BCUT2D eigenvalue weighted by Gasteiger charge is 2.42. The third-order valence-corrected chi connectivity index (χ3v) is 8.18. The number of hydrogen-bond acceptors (Lipinski definition) is 4. The van der Waals surface area contributed by atoms with Gasteiger partial charge in [-0.15, -0.1) is 0 Å². The van der Waals surface area contributed by atoms with Gasteiger partial charge in [-0.25, -0.2) is 4.79 Å². The molecule has 4 nitrogen and oxygen atoms in total. The van der Waals surface area contributed by atoms with Gasteiger partial charge in [-0.05, 0) is 65.8 Å². The molecule has 0 aliphatic heterocycles. The number of rotatable bonds is 20. The number of esters is 2. The number of ether oxygens (including phenoxy) is 2. The molecule has 0 radical (unpaired) electrons. The van der Waals surface area contributed by atoms with Gasteiger partial charge < -0.3 is 9.47 Å². The topological polar surface area (TPSA) is 52.6 Å². The molecule has 3 aromatic rings. The maximum atomic E-state index is 13.5. The normalized spacial score (nSPS) is 12.1. The Bertz CT molecular complexity index is 1300. The fourth-order valence-electron chi connectivity index (χ4n) is 5.37. The second-order valence-electron chi connectivity index (χ2n) is 12.0. The van der Waals surface area contributed by atoms with E-state index in [0.717, 1.165) is 67.2 Å². The summed E-state index contributed by atoms with van der Waals surface area (Å²) in [6.07, 6.45) is 6.64. The molecule has 0 saturated heterocycles. The standard InChI is InChI=1S/C39H49F3O4/c1-3-5-7-9-11-13-15-17-37(43)45-35-28-26-33(27-29-35)31-20-18-30(19-21-31)32-22-24-34(25-23-32)38(44)46-36(39(40,41)42)16-14-12-10-8-6-4-2/h18-29,36H,3-17H2,1-2H3. The summed E-state index contributed by atoms with van der Waals surface area (Å²) in [5.74, 6) is -0.656. The average molecular weight is 639 g/mol. The number of hydrogen-bond donors (Lipinski definition) is 0. The Morgan fingerprint density at radius 3 is 1.48 bits per heavy atom. The minimum absolute atomic E-state index is 0.0840. The maximum Gasteiger partial charge on any atom is 0.425 e. The second-order valence-corrected chi connectivity index (χ2v) is 12.0. The average Bonchev–Trinajstić information content (AvgIpc) is 3.05. The van der Waals surface area contributed by atoms with E-state index in [-0.39, 0.29) is 18.0 Å². The molecule has 3 aromatic carbocycles. The van der Waals surface area contributed by atoms with E-state index in [1.54, 1.807) is 24.3 Å². The lowest BCUT2D eigenvalue weighted by Crippen LogP contribution is -2.33. The molecule has 1 atom stereocenters. The molecule has 0 fully saturated rings. The largest absolute Gasteiger partial charge is 0.449 e. The molecule has 0 amide bonds. The third kappa shape index (κ3) is 13.0. The van der Waals surface area contributed by atoms with Crippen molar-refractivity contribution in [1.82, 2.24) is 0 Å². The van der Waals surface area contributed by atoms with Crippen LogP contribution in [0.3, 0.4) is 0 Å². The number of halogens is 3. The van der Waals surface area contributed by atoms with Crippen LogP contribution in [-0.2, 0) is 9.53 Å². The van der Waals surface area contributed by atoms with Crippen LogP contribution in [0.15, 0.2) is 72.8 Å². The van der Waals surface area contributed by atoms with Crippen molar-refractivity contribution >= 4 is 11.9 Å². The summed E-state index contributed by atoms with van der Waals surface area (Å²) < 4.78 is 51.0. The Kier molecular flexibility index (Phi) is 15.9. The van der Waals surface area contributed by atoms with Gasteiger partial charge in [0.15, 0.2) is 6.10 Å². The van der Waals surface area contributed by atoms with Gasteiger partial charge in [-0.3, -0.25) is 4.79 Å². The molecule has 0 aliphatic rings. The number of unbranched alkanes of at least 4 members (excludes halogenated alkanes) is 11. The first-order valence-electron chi connectivity index (χ1n) is 17.0. The van der Waals surface area contributed by atoms with Crippen LogP contribution in [-0.4, -0.2) is 24.2 Å². The van der Waals surface area contributed by atoms with Crippen molar-refractivity contribution < 1.29 is 32.2 Å². The van der Waals surface area contributed by atoms with Crippen molar-refractivity contribution in [3.8, 4) is 28.0 Å². The highest BCUT2D eigenvalue weighted by molar-refractivity contribution is 5.90. The SMILES string of the molecule is CCCCCCCCCC(=O)Oc1ccc(-c2ccc(-c3ccc(C(=O)OC(CCCCCCCC)C(F)(F)F)cc3)cc2)cc1. The molecule has 7 heteroatoms. The molecule has 46 heavy (non-hydrogen) atoms.